The maximum atomic E-state index is 9.46. The van der Waals surface area contributed by atoms with Crippen molar-refractivity contribution in [3.05, 3.63) is 0 Å². The van der Waals surface area contributed by atoms with Crippen molar-refractivity contribution in [1.29, 1.82) is 0 Å². The molecule has 0 bridgehead atoms. The van der Waals surface area contributed by atoms with Crippen molar-refractivity contribution in [2.75, 3.05) is 18.4 Å². The molecular weight excluding hydrogens is 218 g/mol. The molecule has 0 aromatic rings. The van der Waals surface area contributed by atoms with E-state index in [1.54, 1.807) is 0 Å². The highest BCUT2D eigenvalue weighted by Gasteiger charge is 2.32. The van der Waals surface area contributed by atoms with E-state index in [9.17, 15) is 5.11 Å². The first-order chi connectivity index (χ1) is 5.56. The molecule has 1 rings (SSSR count). The van der Waals surface area contributed by atoms with Gasteiger partial charge in [-0.25, -0.2) is 0 Å². The lowest BCUT2D eigenvalue weighted by Gasteiger charge is -2.32. The number of aliphatic hydroxyl groups is 1. The van der Waals surface area contributed by atoms with Gasteiger partial charge < -0.3 is 5.11 Å². The summed E-state index contributed by atoms with van der Waals surface area (Å²) in [6.07, 6.45) is 2.30. The molecule has 1 atom stereocenters. The molecule has 1 aliphatic heterocycles. The average molecular weight is 236 g/mol. The largest absolute Gasteiger partial charge is 0.391 e. The maximum absolute atomic E-state index is 9.46. The molecule has 0 saturated carbocycles. The molecule has 12 heavy (non-hydrogen) atoms. The fourth-order valence-corrected chi connectivity index (χ4v) is 2.01. The number of β-amino-alcohol motifs (C(OH)–C–C–N with tert-alkyl or cyclic N) is 1. The summed E-state index contributed by atoms with van der Waals surface area (Å²) < 4.78 is 0. The van der Waals surface area contributed by atoms with Gasteiger partial charge >= 0.3 is 0 Å². The molecule has 0 radical (unpaired) electrons. The number of hydrogen-bond acceptors (Lipinski definition) is 2. The van der Waals surface area contributed by atoms with E-state index in [0.29, 0.717) is 10.9 Å². The van der Waals surface area contributed by atoms with Crippen LogP contribution in [0.5, 0.6) is 0 Å². The topological polar surface area (TPSA) is 23.5 Å². The number of halogens is 1. The minimum absolute atomic E-state index is 0.220. The lowest BCUT2D eigenvalue weighted by Crippen LogP contribution is -2.43. The van der Waals surface area contributed by atoms with Gasteiger partial charge in [0.15, 0.2) is 0 Å². The SMILES string of the molecule is CC1(C)CCCN1CC(O)CBr. The molecule has 0 spiro atoms. The van der Waals surface area contributed by atoms with Crippen LogP contribution >= 0.6 is 15.9 Å². The first-order valence-corrected chi connectivity index (χ1v) is 5.67. The summed E-state index contributed by atoms with van der Waals surface area (Å²) in [5.41, 5.74) is 0.295. The van der Waals surface area contributed by atoms with Gasteiger partial charge in [0.2, 0.25) is 0 Å². The number of alkyl halides is 1. The molecule has 0 aliphatic carbocycles. The van der Waals surface area contributed by atoms with Crippen LogP contribution in [0.15, 0.2) is 0 Å². The zero-order chi connectivity index (χ0) is 9.19. The van der Waals surface area contributed by atoms with Crippen LogP contribution in [0.1, 0.15) is 26.7 Å². The van der Waals surface area contributed by atoms with Crippen molar-refractivity contribution in [1.82, 2.24) is 4.90 Å². The van der Waals surface area contributed by atoms with Crippen LogP contribution in [0.25, 0.3) is 0 Å². The standard InChI is InChI=1S/C9H18BrNO/c1-9(2)4-3-5-11(9)7-8(12)6-10/h8,12H,3-7H2,1-2H3. The van der Waals surface area contributed by atoms with E-state index >= 15 is 0 Å². The number of nitrogens with zero attached hydrogens (tertiary/aromatic N) is 1. The minimum Gasteiger partial charge on any atom is -0.391 e. The maximum Gasteiger partial charge on any atom is 0.0763 e. The van der Waals surface area contributed by atoms with Gasteiger partial charge in [-0.1, -0.05) is 15.9 Å². The Balaban J connectivity index is 2.41. The lowest BCUT2D eigenvalue weighted by molar-refractivity contribution is 0.0915. The van der Waals surface area contributed by atoms with E-state index in [1.165, 1.54) is 12.8 Å². The van der Waals surface area contributed by atoms with Crippen LogP contribution in [0.4, 0.5) is 0 Å². The Morgan fingerprint density at radius 1 is 1.58 bits per heavy atom. The Morgan fingerprint density at radius 2 is 2.25 bits per heavy atom. The molecule has 1 heterocycles. The number of likely N-dealkylation sites (tertiary alicyclic amines) is 1. The van der Waals surface area contributed by atoms with Gasteiger partial charge in [0.05, 0.1) is 6.10 Å². The molecule has 72 valence electrons. The van der Waals surface area contributed by atoms with Crippen LogP contribution in [0, 0.1) is 0 Å². The van der Waals surface area contributed by atoms with E-state index in [2.05, 4.69) is 34.7 Å². The third-order valence-corrected chi connectivity index (χ3v) is 3.43. The van der Waals surface area contributed by atoms with Gasteiger partial charge in [-0.2, -0.15) is 0 Å². The Morgan fingerprint density at radius 3 is 2.67 bits per heavy atom. The highest BCUT2D eigenvalue weighted by Crippen LogP contribution is 2.27. The smallest absolute Gasteiger partial charge is 0.0763 e. The summed E-state index contributed by atoms with van der Waals surface area (Å²) >= 11 is 3.28. The zero-order valence-electron chi connectivity index (χ0n) is 7.89. The number of aliphatic hydroxyl groups excluding tert-OH is 1. The van der Waals surface area contributed by atoms with E-state index in [0.717, 1.165) is 13.1 Å². The Bertz CT molecular complexity index is 149. The number of hydrogen-bond donors (Lipinski definition) is 1. The molecule has 0 aromatic carbocycles. The van der Waals surface area contributed by atoms with Gasteiger partial charge in [0.25, 0.3) is 0 Å². The number of rotatable bonds is 3. The van der Waals surface area contributed by atoms with Crippen LogP contribution < -0.4 is 0 Å². The summed E-state index contributed by atoms with van der Waals surface area (Å²) in [7, 11) is 0. The van der Waals surface area contributed by atoms with E-state index in [1.807, 2.05) is 0 Å². The summed E-state index contributed by atoms with van der Waals surface area (Å²) in [5.74, 6) is 0. The fourth-order valence-electron chi connectivity index (χ4n) is 1.80. The highest BCUT2D eigenvalue weighted by atomic mass is 79.9. The molecular formula is C9H18BrNO. The lowest BCUT2D eigenvalue weighted by atomic mass is 10.0. The van der Waals surface area contributed by atoms with Gasteiger partial charge in [-0.05, 0) is 33.2 Å². The first-order valence-electron chi connectivity index (χ1n) is 4.55. The van der Waals surface area contributed by atoms with E-state index < -0.39 is 0 Å². The van der Waals surface area contributed by atoms with Crippen LogP contribution in [0.2, 0.25) is 0 Å². The van der Waals surface area contributed by atoms with Gasteiger partial charge in [0.1, 0.15) is 0 Å². The predicted molar refractivity (Wildman–Crippen MR) is 54.7 cm³/mol. The summed E-state index contributed by atoms with van der Waals surface area (Å²) in [6.45, 7) is 6.44. The molecule has 1 fully saturated rings. The average Bonchev–Trinajstić information content (AvgIpc) is 2.31. The van der Waals surface area contributed by atoms with Gasteiger partial charge in [0, 0.05) is 17.4 Å². The Hall–Kier alpha value is 0.400. The van der Waals surface area contributed by atoms with Crippen LogP contribution in [0.3, 0.4) is 0 Å². The fraction of sp³-hybridized carbons (Fsp3) is 1.00. The van der Waals surface area contributed by atoms with Crippen molar-refractivity contribution >= 4 is 15.9 Å². The molecule has 1 unspecified atom stereocenters. The highest BCUT2D eigenvalue weighted by molar-refractivity contribution is 9.09. The zero-order valence-corrected chi connectivity index (χ0v) is 9.47. The molecule has 2 nitrogen and oxygen atoms in total. The molecule has 3 heteroatoms. The second-order valence-electron chi connectivity index (χ2n) is 4.17. The predicted octanol–water partition coefficient (Wildman–Crippen LogP) is 1.62. The second-order valence-corrected chi connectivity index (χ2v) is 4.82. The Kier molecular flexibility index (Phi) is 3.56. The van der Waals surface area contributed by atoms with Gasteiger partial charge in [-0.3, -0.25) is 4.90 Å². The normalized spacial score (nSPS) is 26.0. The molecule has 0 aromatic heterocycles. The van der Waals surface area contributed by atoms with Crippen molar-refractivity contribution in [3.63, 3.8) is 0 Å². The monoisotopic (exact) mass is 235 g/mol. The molecule has 0 amide bonds. The van der Waals surface area contributed by atoms with E-state index in [4.69, 9.17) is 0 Å². The molecule has 1 saturated heterocycles. The van der Waals surface area contributed by atoms with Crippen LogP contribution in [-0.4, -0.2) is 40.1 Å². The van der Waals surface area contributed by atoms with Crippen molar-refractivity contribution < 1.29 is 5.11 Å². The summed E-state index contributed by atoms with van der Waals surface area (Å²) in [6, 6.07) is 0. The summed E-state index contributed by atoms with van der Waals surface area (Å²) in [5, 5.41) is 10.1. The first kappa shape index (κ1) is 10.5. The third kappa shape index (κ3) is 2.44. The van der Waals surface area contributed by atoms with Gasteiger partial charge in [-0.15, -0.1) is 0 Å². The van der Waals surface area contributed by atoms with E-state index in [-0.39, 0.29) is 6.10 Å². The Labute approximate surface area is 83.1 Å². The quantitative estimate of drug-likeness (QED) is 0.752. The van der Waals surface area contributed by atoms with Crippen molar-refractivity contribution in [2.24, 2.45) is 0 Å². The van der Waals surface area contributed by atoms with Crippen LogP contribution in [-0.2, 0) is 0 Å². The second kappa shape index (κ2) is 4.07. The van der Waals surface area contributed by atoms with Crippen molar-refractivity contribution in [2.45, 2.75) is 38.3 Å². The molecule has 1 aliphatic rings. The minimum atomic E-state index is -0.220. The summed E-state index contributed by atoms with van der Waals surface area (Å²) in [4.78, 5) is 2.37. The molecule has 1 N–H and O–H groups in total. The van der Waals surface area contributed by atoms with Crippen molar-refractivity contribution in [3.8, 4) is 0 Å². The third-order valence-electron chi connectivity index (χ3n) is 2.68.